The summed E-state index contributed by atoms with van der Waals surface area (Å²) < 4.78 is 0. The van der Waals surface area contributed by atoms with Gasteiger partial charge in [0.1, 0.15) is 0 Å². The van der Waals surface area contributed by atoms with Crippen molar-refractivity contribution in [1.82, 2.24) is 4.90 Å². The highest BCUT2D eigenvalue weighted by Crippen LogP contribution is 2.23. The van der Waals surface area contributed by atoms with Crippen LogP contribution in [0.2, 0.25) is 0 Å². The lowest BCUT2D eigenvalue weighted by atomic mass is 9.95. The maximum absolute atomic E-state index is 12.2. The van der Waals surface area contributed by atoms with Crippen LogP contribution < -0.4 is 10.2 Å². The van der Waals surface area contributed by atoms with E-state index in [1.54, 1.807) is 0 Å². The van der Waals surface area contributed by atoms with Gasteiger partial charge in [0, 0.05) is 49.9 Å². The largest absolute Gasteiger partial charge is 0.368 e. The molecule has 5 nitrogen and oxygen atoms in total. The third kappa shape index (κ3) is 5.37. The van der Waals surface area contributed by atoms with E-state index in [9.17, 15) is 9.59 Å². The number of benzene rings is 1. The Kier molecular flexibility index (Phi) is 7.33. The molecule has 0 saturated carbocycles. The van der Waals surface area contributed by atoms with Crippen molar-refractivity contribution < 1.29 is 9.59 Å². The summed E-state index contributed by atoms with van der Waals surface area (Å²) in [5, 5.41) is 2.91. The summed E-state index contributed by atoms with van der Waals surface area (Å²) in [6.07, 6.45) is 2.67. The molecule has 26 heavy (non-hydrogen) atoms. The molecule has 0 bridgehead atoms. The van der Waals surface area contributed by atoms with Crippen LogP contribution in [0.3, 0.4) is 0 Å². The zero-order chi connectivity index (χ0) is 19.2. The summed E-state index contributed by atoms with van der Waals surface area (Å²) in [4.78, 5) is 28.5. The van der Waals surface area contributed by atoms with Crippen molar-refractivity contribution >= 4 is 34.8 Å². The normalized spacial score (nSPS) is 15.1. The average molecular weight is 380 g/mol. The molecule has 1 saturated heterocycles. The highest BCUT2D eigenvalue weighted by atomic mass is 35.5. The Labute approximate surface area is 161 Å². The van der Waals surface area contributed by atoms with Crippen LogP contribution in [-0.4, -0.2) is 48.8 Å². The summed E-state index contributed by atoms with van der Waals surface area (Å²) in [6, 6.07) is 7.85. The molecule has 1 fully saturated rings. The molecule has 1 N–H and O–H groups in total. The van der Waals surface area contributed by atoms with Gasteiger partial charge in [0.05, 0.1) is 5.41 Å². The molecule has 6 heteroatoms. The lowest BCUT2D eigenvalue weighted by Crippen LogP contribution is -2.48. The number of alkyl halides is 1. The molecule has 2 rings (SSSR count). The minimum atomic E-state index is -0.596. The second-order valence-corrected chi connectivity index (χ2v) is 7.76. The van der Waals surface area contributed by atoms with Gasteiger partial charge >= 0.3 is 0 Å². The fourth-order valence-corrected chi connectivity index (χ4v) is 2.94. The van der Waals surface area contributed by atoms with E-state index in [1.165, 1.54) is 0 Å². The summed E-state index contributed by atoms with van der Waals surface area (Å²) in [6.45, 7) is 8.96. The monoisotopic (exact) mass is 379 g/mol. The van der Waals surface area contributed by atoms with Gasteiger partial charge in [0.15, 0.2) is 0 Å². The van der Waals surface area contributed by atoms with E-state index in [0.29, 0.717) is 6.42 Å². The van der Waals surface area contributed by atoms with Crippen molar-refractivity contribution in [3.63, 3.8) is 0 Å². The minimum Gasteiger partial charge on any atom is -0.368 e. The Balaban J connectivity index is 1.88. The molecule has 2 amide bonds. The number of hydrogen-bond acceptors (Lipinski definition) is 3. The smallest absolute Gasteiger partial charge is 0.231 e. The van der Waals surface area contributed by atoms with E-state index < -0.39 is 5.41 Å². The molecular formula is C20H30ClN3O2. The zero-order valence-corrected chi connectivity index (χ0v) is 16.8. The molecule has 0 spiro atoms. The van der Waals surface area contributed by atoms with Crippen molar-refractivity contribution in [2.24, 2.45) is 5.41 Å². The second kappa shape index (κ2) is 9.26. The van der Waals surface area contributed by atoms with E-state index in [2.05, 4.69) is 17.1 Å². The van der Waals surface area contributed by atoms with Crippen molar-refractivity contribution in [3.05, 3.63) is 24.3 Å². The maximum atomic E-state index is 12.2. The Morgan fingerprint density at radius 2 is 1.73 bits per heavy atom. The minimum absolute atomic E-state index is 0.0838. The quantitative estimate of drug-likeness (QED) is 0.734. The molecule has 1 aromatic carbocycles. The number of unbranched alkanes of at least 4 members (excludes halogenated alkanes) is 1. The maximum Gasteiger partial charge on any atom is 0.231 e. The van der Waals surface area contributed by atoms with Crippen LogP contribution in [0.25, 0.3) is 0 Å². The fraction of sp³-hybridized carbons (Fsp3) is 0.600. The van der Waals surface area contributed by atoms with Crippen LogP contribution in [0.4, 0.5) is 11.4 Å². The third-order valence-electron chi connectivity index (χ3n) is 4.82. The van der Waals surface area contributed by atoms with Gasteiger partial charge in [-0.1, -0.05) is 13.3 Å². The van der Waals surface area contributed by atoms with E-state index >= 15 is 0 Å². The van der Waals surface area contributed by atoms with Crippen LogP contribution in [0.5, 0.6) is 0 Å². The molecule has 1 aromatic rings. The standard InChI is InChI=1S/C20H30ClN3O2/c1-4-5-6-18(25)24-13-11-23(12-14-24)17-9-7-16(8-10-17)22-19(26)20(2,3)15-21/h7-10H,4-6,11-15H2,1-3H3,(H,22,26). The van der Waals surface area contributed by atoms with Crippen molar-refractivity contribution in [3.8, 4) is 0 Å². The lowest BCUT2D eigenvalue weighted by Gasteiger charge is -2.36. The summed E-state index contributed by atoms with van der Waals surface area (Å²) in [5.41, 5.74) is 1.28. The molecular weight excluding hydrogens is 350 g/mol. The number of amides is 2. The zero-order valence-electron chi connectivity index (χ0n) is 16.1. The number of piperazine rings is 1. The van der Waals surface area contributed by atoms with Gasteiger partial charge in [-0.3, -0.25) is 9.59 Å². The van der Waals surface area contributed by atoms with E-state index in [1.807, 2.05) is 43.0 Å². The van der Waals surface area contributed by atoms with Gasteiger partial charge in [-0.05, 0) is 44.5 Å². The number of hydrogen-bond donors (Lipinski definition) is 1. The molecule has 0 atom stereocenters. The van der Waals surface area contributed by atoms with Gasteiger partial charge in [-0.25, -0.2) is 0 Å². The van der Waals surface area contributed by atoms with Crippen molar-refractivity contribution in [2.75, 3.05) is 42.3 Å². The van der Waals surface area contributed by atoms with Crippen LogP contribution in [0, 0.1) is 5.41 Å². The van der Waals surface area contributed by atoms with Gasteiger partial charge in [-0.2, -0.15) is 0 Å². The molecule has 1 aliphatic heterocycles. The molecule has 1 heterocycles. The van der Waals surface area contributed by atoms with Crippen LogP contribution in [-0.2, 0) is 9.59 Å². The first-order valence-electron chi connectivity index (χ1n) is 9.37. The first kappa shape index (κ1) is 20.6. The highest BCUT2D eigenvalue weighted by Gasteiger charge is 2.26. The van der Waals surface area contributed by atoms with Crippen LogP contribution in [0.15, 0.2) is 24.3 Å². The molecule has 1 aliphatic rings. The van der Waals surface area contributed by atoms with E-state index in [-0.39, 0.29) is 17.7 Å². The molecule has 0 unspecified atom stereocenters. The number of carbonyl (C=O) groups excluding carboxylic acids is 2. The SMILES string of the molecule is CCCCC(=O)N1CCN(c2ccc(NC(=O)C(C)(C)CCl)cc2)CC1. The molecule has 0 aliphatic carbocycles. The van der Waals surface area contributed by atoms with Gasteiger partial charge in [-0.15, -0.1) is 11.6 Å². The first-order valence-corrected chi connectivity index (χ1v) is 9.91. The number of rotatable bonds is 7. The number of carbonyl (C=O) groups is 2. The predicted octanol–water partition coefficient (Wildman–Crippen LogP) is 3.73. The van der Waals surface area contributed by atoms with Crippen LogP contribution in [0.1, 0.15) is 40.0 Å². The topological polar surface area (TPSA) is 52.7 Å². The Morgan fingerprint density at radius 1 is 1.12 bits per heavy atom. The number of nitrogens with zero attached hydrogens (tertiary/aromatic N) is 2. The highest BCUT2D eigenvalue weighted by molar-refractivity contribution is 6.20. The Hall–Kier alpha value is -1.75. The van der Waals surface area contributed by atoms with Gasteiger partial charge in [0.2, 0.25) is 11.8 Å². The Morgan fingerprint density at radius 3 is 2.27 bits per heavy atom. The summed E-state index contributed by atoms with van der Waals surface area (Å²) in [5.74, 6) is 0.462. The number of anilines is 2. The molecule has 144 valence electrons. The number of halogens is 1. The van der Waals surface area contributed by atoms with Gasteiger partial charge < -0.3 is 15.1 Å². The Bertz CT molecular complexity index is 608. The third-order valence-corrected chi connectivity index (χ3v) is 5.48. The number of nitrogens with one attached hydrogen (secondary N) is 1. The second-order valence-electron chi connectivity index (χ2n) is 7.49. The summed E-state index contributed by atoms with van der Waals surface area (Å²) in [7, 11) is 0. The molecule has 0 aromatic heterocycles. The predicted molar refractivity (Wildman–Crippen MR) is 108 cm³/mol. The lowest BCUT2D eigenvalue weighted by molar-refractivity contribution is -0.131. The van der Waals surface area contributed by atoms with Crippen molar-refractivity contribution in [2.45, 2.75) is 40.0 Å². The van der Waals surface area contributed by atoms with Crippen molar-refractivity contribution in [1.29, 1.82) is 0 Å². The van der Waals surface area contributed by atoms with Crippen LogP contribution >= 0.6 is 11.6 Å². The fourth-order valence-electron chi connectivity index (χ4n) is 2.82. The van der Waals surface area contributed by atoms with E-state index in [4.69, 9.17) is 11.6 Å². The first-order chi connectivity index (χ1) is 12.4. The molecule has 0 radical (unpaired) electrons. The average Bonchev–Trinajstić information content (AvgIpc) is 2.66. The van der Waals surface area contributed by atoms with Gasteiger partial charge in [0.25, 0.3) is 0 Å². The van der Waals surface area contributed by atoms with E-state index in [0.717, 1.165) is 50.4 Å². The summed E-state index contributed by atoms with van der Waals surface area (Å²) >= 11 is 5.85.